The molecule has 0 N–H and O–H groups in total. The first-order valence-electron chi connectivity index (χ1n) is 8.64. The summed E-state index contributed by atoms with van der Waals surface area (Å²) in [5, 5.41) is 9.29. The summed E-state index contributed by atoms with van der Waals surface area (Å²) in [6.45, 7) is 2.94. The summed E-state index contributed by atoms with van der Waals surface area (Å²) in [6.07, 6.45) is 5.18. The van der Waals surface area contributed by atoms with Crippen LogP contribution in [0.4, 0.5) is 0 Å². The molecule has 3 heterocycles. The largest absolute Gasteiger partial charge is 0.338 e. The molecule has 1 atom stereocenters. The molecule has 3 rings (SSSR count). The number of aromatic nitrogens is 2. The molecule has 7 heteroatoms. The van der Waals surface area contributed by atoms with Crippen LogP contribution < -0.4 is 11.2 Å². The lowest BCUT2D eigenvalue weighted by molar-refractivity contribution is -0.135. The van der Waals surface area contributed by atoms with E-state index >= 15 is 0 Å². The second-order valence-corrected chi connectivity index (χ2v) is 6.51. The van der Waals surface area contributed by atoms with Crippen molar-refractivity contribution in [2.24, 2.45) is 0 Å². The fourth-order valence-electron chi connectivity index (χ4n) is 3.87. The van der Waals surface area contributed by atoms with Crippen molar-refractivity contribution >= 4 is 5.91 Å². The van der Waals surface area contributed by atoms with E-state index in [1.165, 1.54) is 4.57 Å². The second kappa shape index (κ2) is 6.63. The molecule has 1 aromatic heterocycles. The van der Waals surface area contributed by atoms with E-state index < -0.39 is 11.2 Å². The summed E-state index contributed by atoms with van der Waals surface area (Å²) in [4.78, 5) is 39.5. The summed E-state index contributed by atoms with van der Waals surface area (Å²) in [5.41, 5.74) is -0.579. The van der Waals surface area contributed by atoms with Crippen LogP contribution in [0.3, 0.4) is 0 Å². The average molecular weight is 330 g/mol. The molecule has 2 aliphatic heterocycles. The van der Waals surface area contributed by atoms with Crippen LogP contribution in [0.15, 0.2) is 9.59 Å². The maximum absolute atomic E-state index is 12.7. The first-order valence-corrected chi connectivity index (χ1v) is 8.64. The van der Waals surface area contributed by atoms with Crippen molar-refractivity contribution in [2.45, 2.75) is 64.6 Å². The maximum Gasteiger partial charge on any atom is 0.331 e. The standard InChI is InChI=1S/C17H22N4O3/c1-2-12-6-3-4-8-19(12)15(22)11-21-16(23)13(10-18)14-7-5-9-20(14)17(21)24/h12H,2-9,11H2,1H3/t12-/m1/s1. The normalized spacial score (nSPS) is 19.8. The maximum atomic E-state index is 12.7. The lowest BCUT2D eigenvalue weighted by Crippen LogP contribution is -2.49. The Balaban J connectivity index is 1.96. The molecule has 1 saturated heterocycles. The zero-order valence-electron chi connectivity index (χ0n) is 14.0. The molecule has 1 aromatic rings. The quantitative estimate of drug-likeness (QED) is 0.813. The average Bonchev–Trinajstić information content (AvgIpc) is 3.08. The van der Waals surface area contributed by atoms with Crippen LogP contribution in [-0.2, 0) is 24.3 Å². The van der Waals surface area contributed by atoms with Gasteiger partial charge in [-0.25, -0.2) is 9.36 Å². The van der Waals surface area contributed by atoms with E-state index in [0.29, 0.717) is 25.2 Å². The van der Waals surface area contributed by atoms with E-state index in [4.69, 9.17) is 0 Å². The Kier molecular flexibility index (Phi) is 4.56. The predicted octanol–water partition coefficient (Wildman–Crippen LogP) is 0.619. The van der Waals surface area contributed by atoms with Gasteiger partial charge in [0.25, 0.3) is 5.56 Å². The van der Waals surface area contributed by atoms with E-state index in [9.17, 15) is 19.6 Å². The highest BCUT2D eigenvalue weighted by Crippen LogP contribution is 2.20. The van der Waals surface area contributed by atoms with E-state index in [-0.39, 0.29) is 24.1 Å². The molecule has 0 aliphatic carbocycles. The smallest absolute Gasteiger partial charge is 0.331 e. The molecule has 0 spiro atoms. The number of fused-ring (bicyclic) bond motifs is 1. The van der Waals surface area contributed by atoms with Crippen molar-refractivity contribution in [3.8, 4) is 6.07 Å². The number of hydrogen-bond acceptors (Lipinski definition) is 4. The van der Waals surface area contributed by atoms with Crippen LogP contribution in [-0.4, -0.2) is 32.5 Å². The van der Waals surface area contributed by atoms with Gasteiger partial charge in [-0.05, 0) is 38.5 Å². The van der Waals surface area contributed by atoms with E-state index in [0.717, 1.165) is 36.7 Å². The molecule has 128 valence electrons. The molecule has 0 unspecified atom stereocenters. The van der Waals surface area contributed by atoms with E-state index in [2.05, 4.69) is 0 Å². The Morgan fingerprint density at radius 3 is 2.75 bits per heavy atom. The number of nitriles is 1. The van der Waals surface area contributed by atoms with Crippen LogP contribution in [0.2, 0.25) is 0 Å². The van der Waals surface area contributed by atoms with Crippen molar-refractivity contribution in [3.63, 3.8) is 0 Å². The molecule has 0 bridgehead atoms. The molecule has 0 radical (unpaired) electrons. The van der Waals surface area contributed by atoms with Crippen LogP contribution in [0, 0.1) is 11.3 Å². The predicted molar refractivity (Wildman–Crippen MR) is 87.6 cm³/mol. The Morgan fingerprint density at radius 2 is 2.04 bits per heavy atom. The molecule has 1 amide bonds. The van der Waals surface area contributed by atoms with Crippen molar-refractivity contribution in [2.75, 3.05) is 6.54 Å². The minimum absolute atomic E-state index is 0.00517. The van der Waals surface area contributed by atoms with Crippen LogP contribution in [0.1, 0.15) is 50.3 Å². The minimum Gasteiger partial charge on any atom is -0.338 e. The van der Waals surface area contributed by atoms with E-state index in [1.807, 2.05) is 13.0 Å². The molecule has 0 aromatic carbocycles. The fourth-order valence-corrected chi connectivity index (χ4v) is 3.87. The van der Waals surface area contributed by atoms with Gasteiger partial charge in [0, 0.05) is 24.8 Å². The first-order chi connectivity index (χ1) is 11.6. The van der Waals surface area contributed by atoms with Crippen LogP contribution in [0.25, 0.3) is 0 Å². The lowest BCUT2D eigenvalue weighted by atomic mass is 10.00. The molecule has 0 saturated carbocycles. The summed E-state index contributed by atoms with van der Waals surface area (Å²) in [7, 11) is 0. The van der Waals surface area contributed by atoms with Gasteiger partial charge in [0.1, 0.15) is 18.2 Å². The topological polar surface area (TPSA) is 88.1 Å². The third-order valence-electron chi connectivity index (χ3n) is 5.15. The third kappa shape index (κ3) is 2.66. The number of hydrogen-bond donors (Lipinski definition) is 0. The van der Waals surface area contributed by atoms with Gasteiger partial charge in [-0.1, -0.05) is 6.92 Å². The SMILES string of the molecule is CC[C@@H]1CCCCN1C(=O)Cn1c(=O)c(C#N)c2n(c1=O)CCC2. The highest BCUT2D eigenvalue weighted by molar-refractivity contribution is 5.76. The molecule has 24 heavy (non-hydrogen) atoms. The zero-order valence-corrected chi connectivity index (χ0v) is 14.0. The van der Waals surface area contributed by atoms with Gasteiger partial charge in [-0.3, -0.25) is 14.2 Å². The molecular formula is C17H22N4O3. The number of carbonyl (C=O) groups excluding carboxylic acids is 1. The Bertz CT molecular complexity index is 815. The van der Waals surface area contributed by atoms with Gasteiger partial charge < -0.3 is 4.90 Å². The summed E-state index contributed by atoms with van der Waals surface area (Å²) in [6, 6.07) is 2.09. The molecular weight excluding hydrogens is 308 g/mol. The highest BCUT2D eigenvalue weighted by atomic mass is 16.2. The van der Waals surface area contributed by atoms with Gasteiger partial charge >= 0.3 is 5.69 Å². The number of rotatable bonds is 3. The minimum atomic E-state index is -0.631. The molecule has 2 aliphatic rings. The fraction of sp³-hybridized carbons (Fsp3) is 0.647. The number of piperidine rings is 1. The monoisotopic (exact) mass is 330 g/mol. The van der Waals surface area contributed by atoms with Crippen molar-refractivity contribution in [1.29, 1.82) is 5.26 Å². The Morgan fingerprint density at radius 1 is 1.25 bits per heavy atom. The Labute approximate surface area is 140 Å². The summed E-state index contributed by atoms with van der Waals surface area (Å²) in [5.74, 6) is -0.205. The Hall–Kier alpha value is -2.36. The molecule has 1 fully saturated rings. The third-order valence-corrected chi connectivity index (χ3v) is 5.15. The van der Waals surface area contributed by atoms with Gasteiger partial charge in [0.05, 0.1) is 0 Å². The first kappa shape index (κ1) is 16.5. The number of carbonyl (C=O) groups is 1. The van der Waals surface area contributed by atoms with Gasteiger partial charge in [-0.15, -0.1) is 0 Å². The van der Waals surface area contributed by atoms with Crippen molar-refractivity contribution in [3.05, 3.63) is 32.1 Å². The van der Waals surface area contributed by atoms with Crippen molar-refractivity contribution in [1.82, 2.24) is 14.0 Å². The van der Waals surface area contributed by atoms with Gasteiger partial charge in [0.15, 0.2) is 0 Å². The lowest BCUT2D eigenvalue weighted by Gasteiger charge is -2.35. The molecule has 7 nitrogen and oxygen atoms in total. The zero-order chi connectivity index (χ0) is 17.3. The van der Waals surface area contributed by atoms with Gasteiger partial charge in [0.2, 0.25) is 5.91 Å². The summed E-state index contributed by atoms with van der Waals surface area (Å²) >= 11 is 0. The van der Waals surface area contributed by atoms with Crippen LogP contribution >= 0.6 is 0 Å². The van der Waals surface area contributed by atoms with E-state index in [1.54, 1.807) is 4.90 Å². The highest BCUT2D eigenvalue weighted by Gasteiger charge is 2.28. The number of likely N-dealkylation sites (tertiary alicyclic amines) is 1. The second-order valence-electron chi connectivity index (χ2n) is 6.51. The van der Waals surface area contributed by atoms with Crippen molar-refractivity contribution < 1.29 is 4.79 Å². The number of nitrogens with zero attached hydrogens (tertiary/aromatic N) is 4. The van der Waals surface area contributed by atoms with Gasteiger partial charge in [-0.2, -0.15) is 5.26 Å². The van der Waals surface area contributed by atoms with Crippen LogP contribution in [0.5, 0.6) is 0 Å². The summed E-state index contributed by atoms with van der Waals surface area (Å²) < 4.78 is 2.41. The number of amides is 1.